The molecule has 1 N–H and O–H groups in total. The molecule has 5 aromatic rings. The second-order valence-corrected chi connectivity index (χ2v) is 13.4. The van der Waals surface area contributed by atoms with Crippen LogP contribution in [0.5, 0.6) is 5.75 Å². The number of fused-ring (bicyclic) bond motifs is 1. The van der Waals surface area contributed by atoms with Crippen molar-refractivity contribution in [2.75, 3.05) is 21.1 Å². The quantitative estimate of drug-likeness (QED) is 0.169. The molecule has 0 saturated carbocycles. The summed E-state index contributed by atoms with van der Waals surface area (Å²) in [5.41, 5.74) is 4.27. The third kappa shape index (κ3) is 6.29. The molecule has 7 nitrogen and oxygen atoms in total. The lowest BCUT2D eigenvalue weighted by atomic mass is 9.99. The summed E-state index contributed by atoms with van der Waals surface area (Å²) in [4.78, 5) is 18.3. The highest BCUT2D eigenvalue weighted by atomic mass is 35.5. The number of ether oxygens (including phenoxy) is 1. The first-order chi connectivity index (χ1) is 22.2. The Bertz CT molecular complexity index is 1970. The third-order valence-electron chi connectivity index (χ3n) is 7.76. The van der Waals surface area contributed by atoms with Crippen molar-refractivity contribution >= 4 is 56.2 Å². The number of rotatable bonds is 9. The van der Waals surface area contributed by atoms with E-state index in [9.17, 15) is 13.2 Å². The summed E-state index contributed by atoms with van der Waals surface area (Å²) in [6.07, 6.45) is -0.771. The third-order valence-corrected chi connectivity index (χ3v) is 9.80. The standard InChI is InChI=1S/C36H31Cl2N3O4S/c1-3-45-28-18-16-27(17-19-28)41-35(34-31(37)10-7-11-32(34)38)40(23-25-8-5-4-6-9-25)33-21-20-29(22-30(33)36(41)42)46(43,44)39-26-14-12-24(2)13-15-26/h4-22,35,39H,3,23H2,1-2H3/t35-/m0/s1. The number of halogens is 2. The first-order valence-electron chi connectivity index (χ1n) is 14.7. The highest BCUT2D eigenvalue weighted by molar-refractivity contribution is 7.92. The molecule has 234 valence electrons. The Morgan fingerprint density at radius 3 is 2.15 bits per heavy atom. The molecule has 0 spiro atoms. The maximum Gasteiger partial charge on any atom is 0.262 e. The summed E-state index contributed by atoms with van der Waals surface area (Å²) in [6, 6.07) is 33.9. The van der Waals surface area contributed by atoms with Gasteiger partial charge in [-0.1, -0.05) is 77.3 Å². The van der Waals surface area contributed by atoms with Crippen LogP contribution in [-0.4, -0.2) is 20.9 Å². The predicted molar refractivity (Wildman–Crippen MR) is 185 cm³/mol. The Hall–Kier alpha value is -4.50. The summed E-state index contributed by atoms with van der Waals surface area (Å²) >= 11 is 13.7. The predicted octanol–water partition coefficient (Wildman–Crippen LogP) is 8.87. The Balaban J connectivity index is 1.54. The van der Waals surface area contributed by atoms with E-state index in [2.05, 4.69) is 4.72 Å². The van der Waals surface area contributed by atoms with Crippen LogP contribution in [0.3, 0.4) is 0 Å². The first kappa shape index (κ1) is 31.5. The molecule has 0 unspecified atom stereocenters. The molecule has 46 heavy (non-hydrogen) atoms. The van der Waals surface area contributed by atoms with Crippen molar-refractivity contribution in [1.82, 2.24) is 0 Å². The van der Waals surface area contributed by atoms with E-state index in [0.29, 0.717) is 51.6 Å². The molecular formula is C36H31Cl2N3O4S. The number of benzene rings is 5. The summed E-state index contributed by atoms with van der Waals surface area (Å²) in [7, 11) is -4.03. The van der Waals surface area contributed by atoms with Gasteiger partial charge < -0.3 is 9.64 Å². The minimum absolute atomic E-state index is 0.0410. The van der Waals surface area contributed by atoms with Gasteiger partial charge in [0.1, 0.15) is 11.9 Å². The number of nitrogens with zero attached hydrogens (tertiary/aromatic N) is 2. The number of sulfonamides is 1. The number of hydrogen-bond acceptors (Lipinski definition) is 5. The Labute approximate surface area is 279 Å². The molecule has 0 aromatic heterocycles. The number of amides is 1. The SMILES string of the molecule is CCOc1ccc(N2C(=O)c3cc(S(=O)(=O)Nc4ccc(C)cc4)ccc3N(Cc3ccccc3)[C@@H]2c2c(Cl)cccc2Cl)cc1. The van der Waals surface area contributed by atoms with E-state index in [1.54, 1.807) is 65.6 Å². The summed E-state index contributed by atoms with van der Waals surface area (Å²) in [6.45, 7) is 4.68. The van der Waals surface area contributed by atoms with Gasteiger partial charge >= 0.3 is 0 Å². The lowest BCUT2D eigenvalue weighted by Crippen LogP contribution is -2.49. The fourth-order valence-corrected chi connectivity index (χ4v) is 7.25. The van der Waals surface area contributed by atoms with Gasteiger partial charge in [0.05, 0.1) is 22.8 Å². The van der Waals surface area contributed by atoms with Gasteiger partial charge in [0, 0.05) is 33.5 Å². The van der Waals surface area contributed by atoms with E-state index in [4.69, 9.17) is 27.9 Å². The molecule has 10 heteroatoms. The number of aryl methyl sites for hydroxylation is 1. The van der Waals surface area contributed by atoms with E-state index >= 15 is 0 Å². The van der Waals surface area contributed by atoms with Gasteiger partial charge in [-0.3, -0.25) is 14.4 Å². The van der Waals surface area contributed by atoms with Crippen LogP contribution in [0, 0.1) is 6.92 Å². The van der Waals surface area contributed by atoms with Crippen LogP contribution in [0.25, 0.3) is 0 Å². The molecule has 1 atom stereocenters. The molecule has 0 saturated heterocycles. The fourth-order valence-electron chi connectivity index (χ4n) is 5.57. The molecule has 1 aliphatic rings. The molecule has 5 aromatic carbocycles. The smallest absolute Gasteiger partial charge is 0.262 e. The number of nitrogens with one attached hydrogen (secondary N) is 1. The summed E-state index contributed by atoms with van der Waals surface area (Å²) in [5.74, 6) is 0.247. The zero-order valence-electron chi connectivity index (χ0n) is 25.2. The minimum atomic E-state index is -4.03. The van der Waals surface area contributed by atoms with Gasteiger partial charge in [0.25, 0.3) is 15.9 Å². The molecule has 0 fully saturated rings. The second-order valence-electron chi connectivity index (χ2n) is 10.9. The zero-order chi connectivity index (χ0) is 32.4. The number of anilines is 3. The highest BCUT2D eigenvalue weighted by Crippen LogP contribution is 2.46. The van der Waals surface area contributed by atoms with Gasteiger partial charge in [-0.05, 0) is 86.1 Å². The number of carbonyl (C=O) groups is 1. The lowest BCUT2D eigenvalue weighted by molar-refractivity contribution is 0.0968. The largest absolute Gasteiger partial charge is 0.494 e. The highest BCUT2D eigenvalue weighted by Gasteiger charge is 2.42. The van der Waals surface area contributed by atoms with Crippen molar-refractivity contribution in [3.05, 3.63) is 148 Å². The van der Waals surface area contributed by atoms with Crippen molar-refractivity contribution in [2.45, 2.75) is 31.5 Å². The fraction of sp³-hybridized carbons (Fsp3) is 0.139. The molecule has 0 radical (unpaired) electrons. The Morgan fingerprint density at radius 1 is 0.826 bits per heavy atom. The average Bonchev–Trinajstić information content (AvgIpc) is 3.05. The zero-order valence-corrected chi connectivity index (χ0v) is 27.5. The van der Waals surface area contributed by atoms with Crippen LogP contribution in [0.2, 0.25) is 10.0 Å². The van der Waals surface area contributed by atoms with Gasteiger partial charge in [-0.15, -0.1) is 0 Å². The molecule has 1 amide bonds. The normalized spacial score (nSPS) is 14.6. The van der Waals surface area contributed by atoms with Crippen molar-refractivity contribution in [3.63, 3.8) is 0 Å². The van der Waals surface area contributed by atoms with E-state index in [1.807, 2.05) is 61.2 Å². The second kappa shape index (κ2) is 13.1. The maximum atomic E-state index is 14.7. The molecule has 0 aliphatic carbocycles. The van der Waals surface area contributed by atoms with Gasteiger partial charge in [0.15, 0.2) is 0 Å². The van der Waals surface area contributed by atoms with Crippen LogP contribution in [0.4, 0.5) is 17.1 Å². The van der Waals surface area contributed by atoms with Crippen LogP contribution >= 0.6 is 23.2 Å². The number of hydrogen-bond donors (Lipinski definition) is 1. The summed E-state index contributed by atoms with van der Waals surface area (Å²) in [5, 5.41) is 0.786. The monoisotopic (exact) mass is 671 g/mol. The van der Waals surface area contributed by atoms with Crippen molar-refractivity contribution in [3.8, 4) is 5.75 Å². The van der Waals surface area contributed by atoms with Crippen LogP contribution in [-0.2, 0) is 16.6 Å². The molecule has 1 aliphatic heterocycles. The molecule has 0 bridgehead atoms. The van der Waals surface area contributed by atoms with E-state index < -0.39 is 22.1 Å². The van der Waals surface area contributed by atoms with Crippen molar-refractivity contribution in [2.24, 2.45) is 0 Å². The first-order valence-corrected chi connectivity index (χ1v) is 16.9. The number of carbonyl (C=O) groups excluding carboxylic acids is 1. The Kier molecular flexibility index (Phi) is 8.95. The van der Waals surface area contributed by atoms with Gasteiger partial charge in [-0.2, -0.15) is 0 Å². The molecular weight excluding hydrogens is 641 g/mol. The molecule has 1 heterocycles. The van der Waals surface area contributed by atoms with Crippen LogP contribution in [0.15, 0.2) is 120 Å². The van der Waals surface area contributed by atoms with Gasteiger partial charge in [0.2, 0.25) is 0 Å². The maximum absolute atomic E-state index is 14.7. The topological polar surface area (TPSA) is 78.9 Å². The average molecular weight is 673 g/mol. The van der Waals surface area contributed by atoms with Crippen molar-refractivity contribution < 1.29 is 17.9 Å². The lowest BCUT2D eigenvalue weighted by Gasteiger charge is -2.46. The Morgan fingerprint density at radius 2 is 1.50 bits per heavy atom. The molecule has 6 rings (SSSR count). The van der Waals surface area contributed by atoms with Crippen LogP contribution in [0.1, 0.15) is 40.1 Å². The van der Waals surface area contributed by atoms with E-state index in [1.165, 1.54) is 12.1 Å². The minimum Gasteiger partial charge on any atom is -0.494 e. The van der Waals surface area contributed by atoms with E-state index in [-0.39, 0.29) is 10.5 Å². The summed E-state index contributed by atoms with van der Waals surface area (Å²) < 4.78 is 35.4. The van der Waals surface area contributed by atoms with Crippen molar-refractivity contribution in [1.29, 1.82) is 0 Å². The van der Waals surface area contributed by atoms with E-state index in [0.717, 1.165) is 11.1 Å². The van der Waals surface area contributed by atoms with Gasteiger partial charge in [-0.25, -0.2) is 8.42 Å². The van der Waals surface area contributed by atoms with Crippen LogP contribution < -0.4 is 19.3 Å².